The lowest BCUT2D eigenvalue weighted by Gasteiger charge is -2.11. The molecule has 5 rings (SSSR count). The van der Waals surface area contributed by atoms with E-state index >= 15 is 0 Å². The zero-order valence-corrected chi connectivity index (χ0v) is 18.3. The van der Waals surface area contributed by atoms with Gasteiger partial charge in [-0.2, -0.15) is 0 Å². The second kappa shape index (κ2) is 9.09. The maximum atomic E-state index is 14.8. The molecule has 0 fully saturated rings. The molecule has 1 aliphatic rings. The molecular formula is C26H19F3N4O2. The van der Waals surface area contributed by atoms with Crippen LogP contribution in [0.2, 0.25) is 0 Å². The van der Waals surface area contributed by atoms with Gasteiger partial charge in [0.15, 0.2) is 5.82 Å². The summed E-state index contributed by atoms with van der Waals surface area (Å²) in [5.41, 5.74) is 2.79. The molecule has 0 saturated heterocycles. The van der Waals surface area contributed by atoms with Crippen LogP contribution in [0, 0.1) is 17.5 Å². The van der Waals surface area contributed by atoms with E-state index in [1.54, 1.807) is 12.1 Å². The highest BCUT2D eigenvalue weighted by atomic mass is 19.1. The third kappa shape index (κ3) is 4.52. The van der Waals surface area contributed by atoms with Crippen LogP contribution in [0.15, 0.2) is 60.8 Å². The minimum absolute atomic E-state index is 0.0405. The van der Waals surface area contributed by atoms with Crippen LogP contribution in [0.5, 0.6) is 0 Å². The first-order chi connectivity index (χ1) is 16.9. The first kappa shape index (κ1) is 22.4. The van der Waals surface area contributed by atoms with Crippen LogP contribution in [0.1, 0.15) is 32.0 Å². The number of hydrogen-bond acceptors (Lipinski definition) is 3. The van der Waals surface area contributed by atoms with E-state index in [-0.39, 0.29) is 23.6 Å². The van der Waals surface area contributed by atoms with Gasteiger partial charge in [-0.05, 0) is 42.0 Å². The number of nitrogens with one attached hydrogen (secondary N) is 3. The number of hydrogen-bond donors (Lipinski definition) is 3. The summed E-state index contributed by atoms with van der Waals surface area (Å²) >= 11 is 0. The number of halogens is 3. The Labute approximate surface area is 198 Å². The van der Waals surface area contributed by atoms with Crippen molar-refractivity contribution in [3.8, 4) is 22.5 Å². The SMILES string of the molecule is O=C(NCc1cccc(F)c1)c1ccc(-c2cc(-c3cc4c([nH]3)CCNC4=O)c(F)cn2)cc1F. The zero-order valence-electron chi connectivity index (χ0n) is 18.3. The monoisotopic (exact) mass is 476 g/mol. The molecule has 2 amide bonds. The molecule has 0 radical (unpaired) electrons. The van der Waals surface area contributed by atoms with Gasteiger partial charge >= 0.3 is 0 Å². The van der Waals surface area contributed by atoms with Crippen molar-refractivity contribution in [3.63, 3.8) is 0 Å². The van der Waals surface area contributed by atoms with Gasteiger partial charge in [0, 0.05) is 42.0 Å². The van der Waals surface area contributed by atoms with Crippen LogP contribution in [0.3, 0.4) is 0 Å². The van der Waals surface area contributed by atoms with Gasteiger partial charge in [-0.15, -0.1) is 0 Å². The largest absolute Gasteiger partial charge is 0.358 e. The summed E-state index contributed by atoms with van der Waals surface area (Å²) in [4.78, 5) is 31.6. The van der Waals surface area contributed by atoms with Gasteiger partial charge in [0.2, 0.25) is 0 Å². The molecule has 0 saturated carbocycles. The summed E-state index contributed by atoms with van der Waals surface area (Å²) in [6.45, 7) is 0.538. The molecule has 3 heterocycles. The average molecular weight is 476 g/mol. The van der Waals surface area contributed by atoms with E-state index in [0.29, 0.717) is 41.0 Å². The molecule has 0 atom stereocenters. The fourth-order valence-corrected chi connectivity index (χ4v) is 4.02. The second-order valence-corrected chi connectivity index (χ2v) is 8.14. The predicted octanol–water partition coefficient (Wildman–Crippen LogP) is 4.38. The van der Waals surface area contributed by atoms with Crippen LogP contribution in [-0.4, -0.2) is 28.3 Å². The smallest absolute Gasteiger partial charge is 0.254 e. The maximum Gasteiger partial charge on any atom is 0.254 e. The van der Waals surface area contributed by atoms with Gasteiger partial charge < -0.3 is 15.6 Å². The lowest BCUT2D eigenvalue weighted by atomic mass is 10.0. The van der Waals surface area contributed by atoms with E-state index in [9.17, 15) is 22.8 Å². The Morgan fingerprint density at radius 3 is 2.63 bits per heavy atom. The van der Waals surface area contributed by atoms with E-state index in [0.717, 1.165) is 18.0 Å². The fourth-order valence-electron chi connectivity index (χ4n) is 4.02. The number of carbonyl (C=O) groups is 2. The van der Waals surface area contributed by atoms with Crippen LogP contribution in [-0.2, 0) is 13.0 Å². The third-order valence-corrected chi connectivity index (χ3v) is 5.80. The first-order valence-electron chi connectivity index (χ1n) is 10.9. The van der Waals surface area contributed by atoms with Gasteiger partial charge in [0.05, 0.1) is 23.0 Å². The first-order valence-corrected chi connectivity index (χ1v) is 10.9. The number of amides is 2. The van der Waals surface area contributed by atoms with Crippen LogP contribution >= 0.6 is 0 Å². The van der Waals surface area contributed by atoms with Crippen molar-refractivity contribution in [1.82, 2.24) is 20.6 Å². The Hall–Kier alpha value is -4.40. The highest BCUT2D eigenvalue weighted by Crippen LogP contribution is 2.30. The van der Waals surface area contributed by atoms with Gasteiger partial charge in [-0.1, -0.05) is 18.2 Å². The molecule has 3 N–H and O–H groups in total. The summed E-state index contributed by atoms with van der Waals surface area (Å²) < 4.78 is 42.7. The number of benzene rings is 2. The molecule has 4 aromatic rings. The number of H-pyrrole nitrogens is 1. The molecule has 1 aliphatic heterocycles. The molecule has 2 aromatic heterocycles. The molecule has 35 heavy (non-hydrogen) atoms. The van der Waals surface area contributed by atoms with Crippen LogP contribution in [0.25, 0.3) is 22.5 Å². The summed E-state index contributed by atoms with van der Waals surface area (Å²) in [6.07, 6.45) is 1.64. The minimum Gasteiger partial charge on any atom is -0.358 e. The van der Waals surface area contributed by atoms with Crippen molar-refractivity contribution in [2.75, 3.05) is 6.54 Å². The number of rotatable bonds is 5. The summed E-state index contributed by atoms with van der Waals surface area (Å²) in [5, 5.41) is 5.30. The predicted molar refractivity (Wildman–Crippen MR) is 123 cm³/mol. The summed E-state index contributed by atoms with van der Waals surface area (Å²) in [6, 6.07) is 12.8. The number of aromatic amines is 1. The molecule has 0 spiro atoms. The molecule has 6 nitrogen and oxygen atoms in total. The second-order valence-electron chi connectivity index (χ2n) is 8.14. The molecule has 0 aliphatic carbocycles. The highest BCUT2D eigenvalue weighted by Gasteiger charge is 2.22. The number of aromatic nitrogens is 2. The zero-order chi connectivity index (χ0) is 24.5. The van der Waals surface area contributed by atoms with Crippen LogP contribution < -0.4 is 10.6 Å². The topological polar surface area (TPSA) is 86.9 Å². The van der Waals surface area contributed by atoms with E-state index in [1.807, 2.05) is 0 Å². The molecular weight excluding hydrogens is 457 g/mol. The Morgan fingerprint density at radius 1 is 1.00 bits per heavy atom. The quantitative estimate of drug-likeness (QED) is 0.400. The van der Waals surface area contributed by atoms with E-state index in [2.05, 4.69) is 20.6 Å². The number of pyridine rings is 1. The molecule has 2 aromatic carbocycles. The van der Waals surface area contributed by atoms with Crippen molar-refractivity contribution in [1.29, 1.82) is 0 Å². The average Bonchev–Trinajstić information content (AvgIpc) is 3.28. The van der Waals surface area contributed by atoms with E-state index in [1.165, 1.54) is 36.4 Å². The normalized spacial score (nSPS) is 12.7. The van der Waals surface area contributed by atoms with Gasteiger partial charge in [-0.25, -0.2) is 13.2 Å². The lowest BCUT2D eigenvalue weighted by molar-refractivity contribution is 0.0938. The molecule has 9 heteroatoms. The molecule has 0 unspecified atom stereocenters. The highest BCUT2D eigenvalue weighted by molar-refractivity contribution is 5.98. The van der Waals surface area contributed by atoms with Crippen LogP contribution in [0.4, 0.5) is 13.2 Å². The molecule has 0 bridgehead atoms. The summed E-state index contributed by atoms with van der Waals surface area (Å²) in [7, 11) is 0. The maximum absolute atomic E-state index is 14.8. The van der Waals surface area contributed by atoms with Gasteiger partial charge in [0.1, 0.15) is 11.6 Å². The summed E-state index contributed by atoms with van der Waals surface area (Å²) in [5.74, 6) is -2.68. The Balaban J connectivity index is 1.38. The van der Waals surface area contributed by atoms with Gasteiger partial charge in [0.25, 0.3) is 11.8 Å². The Morgan fingerprint density at radius 2 is 1.86 bits per heavy atom. The van der Waals surface area contributed by atoms with Crippen molar-refractivity contribution >= 4 is 11.8 Å². The Bertz CT molecular complexity index is 1460. The van der Waals surface area contributed by atoms with Gasteiger partial charge in [-0.3, -0.25) is 14.6 Å². The van der Waals surface area contributed by atoms with E-state index < -0.39 is 23.4 Å². The number of nitrogens with zero attached hydrogens (tertiary/aromatic N) is 1. The number of carbonyl (C=O) groups excluding carboxylic acids is 2. The Kier molecular flexibility index (Phi) is 5.82. The standard InChI is InChI=1S/C26H19F3N4O2/c27-16-3-1-2-14(8-16)12-32-25(34)17-5-4-15(9-20(17)28)23-10-18(21(29)13-31-23)24-11-19-22(33-24)6-7-30-26(19)35/h1-5,8-11,13,33H,6-7,12H2,(H,30,35)(H,32,34). The van der Waals surface area contributed by atoms with E-state index in [4.69, 9.17) is 0 Å². The molecule has 176 valence electrons. The third-order valence-electron chi connectivity index (χ3n) is 5.80. The van der Waals surface area contributed by atoms with Crippen molar-refractivity contribution in [2.45, 2.75) is 13.0 Å². The van der Waals surface area contributed by atoms with Crippen molar-refractivity contribution in [3.05, 3.63) is 101 Å². The fraction of sp³-hybridized carbons (Fsp3) is 0.115. The van der Waals surface area contributed by atoms with Crippen molar-refractivity contribution in [2.24, 2.45) is 0 Å². The number of fused-ring (bicyclic) bond motifs is 1. The minimum atomic E-state index is -0.779. The lowest BCUT2D eigenvalue weighted by Crippen LogP contribution is -2.31. The van der Waals surface area contributed by atoms with Crippen molar-refractivity contribution < 1.29 is 22.8 Å².